The first-order valence-electron chi connectivity index (χ1n) is 23.1. The summed E-state index contributed by atoms with van der Waals surface area (Å²) in [7, 11) is 0. The third kappa shape index (κ3) is 6.26. The fourth-order valence-corrected chi connectivity index (χ4v) is 10.9. The number of hydrogen-bond acceptors (Lipinski definition) is 2. The molecule has 314 valence electrons. The van der Waals surface area contributed by atoms with E-state index in [2.05, 4.69) is 266 Å². The van der Waals surface area contributed by atoms with Gasteiger partial charge in [0.2, 0.25) is 0 Å². The van der Waals surface area contributed by atoms with Crippen LogP contribution in [0.1, 0.15) is 22.3 Å². The molecule has 0 saturated heterocycles. The van der Waals surface area contributed by atoms with Crippen LogP contribution in [0.25, 0.3) is 66.4 Å². The van der Waals surface area contributed by atoms with Crippen LogP contribution in [0.3, 0.4) is 0 Å². The fourth-order valence-electron chi connectivity index (χ4n) is 10.9. The van der Waals surface area contributed by atoms with E-state index in [0.717, 1.165) is 61.9 Å². The maximum atomic E-state index is 7.43. The average Bonchev–Trinajstić information content (AvgIpc) is 3.62. The zero-order valence-corrected chi connectivity index (χ0v) is 36.7. The molecule has 2 aliphatic rings. The quantitative estimate of drug-likeness (QED) is 0.158. The number of ether oxygens (including phenoxy) is 1. The van der Waals surface area contributed by atoms with Crippen LogP contribution in [0.15, 0.2) is 261 Å². The predicted octanol–water partition coefficient (Wildman–Crippen LogP) is 17.4. The first-order valence-corrected chi connectivity index (χ1v) is 23.1. The Morgan fingerprint density at radius 1 is 0.299 bits per heavy atom. The van der Waals surface area contributed by atoms with Crippen molar-refractivity contribution in [1.29, 1.82) is 0 Å². The van der Waals surface area contributed by atoms with Crippen LogP contribution in [-0.2, 0) is 5.41 Å². The summed E-state index contributed by atoms with van der Waals surface area (Å²) in [4.78, 5) is 2.40. The third-order valence-electron chi connectivity index (χ3n) is 13.9. The molecule has 1 aliphatic heterocycles. The van der Waals surface area contributed by atoms with Crippen molar-refractivity contribution in [3.63, 3.8) is 0 Å². The second kappa shape index (κ2) is 15.8. The topological polar surface area (TPSA) is 12.5 Å². The second-order valence-corrected chi connectivity index (χ2v) is 17.6. The maximum absolute atomic E-state index is 7.43. The van der Waals surface area contributed by atoms with Gasteiger partial charge in [-0.2, -0.15) is 0 Å². The van der Waals surface area contributed by atoms with Gasteiger partial charge in [0.05, 0.1) is 11.1 Å². The molecule has 2 nitrogen and oxygen atoms in total. The molecule has 0 radical (unpaired) electrons. The van der Waals surface area contributed by atoms with Gasteiger partial charge in [-0.25, -0.2) is 0 Å². The van der Waals surface area contributed by atoms with Gasteiger partial charge in [-0.15, -0.1) is 0 Å². The Hall–Kier alpha value is -8.72. The van der Waals surface area contributed by atoms with Crippen LogP contribution in [0.5, 0.6) is 11.5 Å². The van der Waals surface area contributed by atoms with Crippen molar-refractivity contribution in [2.45, 2.75) is 5.41 Å². The van der Waals surface area contributed by atoms with Gasteiger partial charge < -0.3 is 9.64 Å². The SMILES string of the molecule is c1ccc(-c2ccc(N(c3ccc4c(c3)C(c3ccccc3)(c3ccccc3)c3ccccc3-4)c3cccc4c3Oc3ccc(-c5ccccc5)cc3-c3cc5ccccc5cc3-4)cc2)cc1. The highest BCUT2D eigenvalue weighted by atomic mass is 16.5. The molecule has 0 atom stereocenters. The lowest BCUT2D eigenvalue weighted by Crippen LogP contribution is -2.28. The van der Waals surface area contributed by atoms with Crippen LogP contribution in [0.4, 0.5) is 17.1 Å². The minimum absolute atomic E-state index is 0.563. The van der Waals surface area contributed by atoms with E-state index in [1.165, 1.54) is 55.3 Å². The molecule has 0 unspecified atom stereocenters. The minimum atomic E-state index is -0.563. The molecule has 13 rings (SSSR count). The number of nitrogens with zero attached hydrogens (tertiary/aromatic N) is 1. The van der Waals surface area contributed by atoms with Crippen molar-refractivity contribution < 1.29 is 4.74 Å². The van der Waals surface area contributed by atoms with Gasteiger partial charge in [-0.05, 0) is 132 Å². The highest BCUT2D eigenvalue weighted by molar-refractivity contribution is 6.02. The Morgan fingerprint density at radius 3 is 1.48 bits per heavy atom. The van der Waals surface area contributed by atoms with Gasteiger partial charge in [0.15, 0.2) is 5.75 Å². The van der Waals surface area contributed by atoms with Crippen molar-refractivity contribution >= 4 is 27.8 Å². The van der Waals surface area contributed by atoms with Crippen LogP contribution >= 0.6 is 0 Å². The summed E-state index contributed by atoms with van der Waals surface area (Å²) in [5.41, 5.74) is 19.0. The Labute approximate surface area is 391 Å². The lowest BCUT2D eigenvalue weighted by Gasteiger charge is -2.35. The lowest BCUT2D eigenvalue weighted by molar-refractivity contribution is 0.489. The summed E-state index contributed by atoms with van der Waals surface area (Å²) in [5.74, 6) is 1.62. The van der Waals surface area contributed by atoms with Crippen molar-refractivity contribution in [2.24, 2.45) is 0 Å². The number of para-hydroxylation sites is 1. The van der Waals surface area contributed by atoms with E-state index < -0.39 is 5.41 Å². The molecule has 0 fully saturated rings. The minimum Gasteiger partial charge on any atom is -0.454 e. The van der Waals surface area contributed by atoms with Crippen molar-refractivity contribution in [3.05, 3.63) is 283 Å². The van der Waals surface area contributed by atoms with Gasteiger partial charge in [-0.3, -0.25) is 0 Å². The number of fused-ring (bicyclic) bond motifs is 9. The van der Waals surface area contributed by atoms with Gasteiger partial charge in [0, 0.05) is 22.5 Å². The second-order valence-electron chi connectivity index (χ2n) is 17.6. The lowest BCUT2D eigenvalue weighted by atomic mass is 9.67. The van der Waals surface area contributed by atoms with Crippen LogP contribution in [0.2, 0.25) is 0 Å². The molecule has 2 heteroatoms. The molecule has 1 aliphatic carbocycles. The fraction of sp³-hybridized carbons (Fsp3) is 0.0154. The monoisotopic (exact) mass is 853 g/mol. The molecule has 11 aromatic rings. The average molecular weight is 854 g/mol. The van der Waals surface area contributed by atoms with Crippen molar-refractivity contribution in [2.75, 3.05) is 4.90 Å². The summed E-state index contributed by atoms with van der Waals surface area (Å²) in [6.45, 7) is 0. The molecular weight excluding hydrogens is 811 g/mol. The number of anilines is 3. The van der Waals surface area contributed by atoms with E-state index in [1.54, 1.807) is 0 Å². The van der Waals surface area contributed by atoms with Crippen LogP contribution in [0, 0.1) is 0 Å². The smallest absolute Gasteiger partial charge is 0.159 e. The zero-order chi connectivity index (χ0) is 44.3. The van der Waals surface area contributed by atoms with Gasteiger partial charge in [0.1, 0.15) is 5.75 Å². The van der Waals surface area contributed by atoms with E-state index in [9.17, 15) is 0 Å². The standard InChI is InChI=1S/C65H43NO/c1-5-18-44(19-6-1)46-32-35-52(36-33-46)66(53-37-38-55-54-28-15-16-30-60(54)65(61(55)43-53,50-24-9-3-10-25-50)51-26-11-4-12-27-51)62-31-17-29-56-57-40-47-22-13-14-23-48(47)41-58(57)59-42-49(45-20-7-2-8-21-45)34-39-63(59)67-64(56)62/h1-43H. The van der Waals surface area contributed by atoms with Crippen LogP contribution in [-0.4, -0.2) is 0 Å². The highest BCUT2D eigenvalue weighted by Gasteiger charge is 2.46. The summed E-state index contributed by atoms with van der Waals surface area (Å²) in [5, 5.41) is 2.38. The van der Waals surface area contributed by atoms with Gasteiger partial charge >= 0.3 is 0 Å². The number of rotatable bonds is 7. The Kier molecular flexibility index (Phi) is 9.11. The molecule has 0 amide bonds. The Balaban J connectivity index is 1.07. The van der Waals surface area contributed by atoms with E-state index in [-0.39, 0.29) is 0 Å². The zero-order valence-electron chi connectivity index (χ0n) is 36.7. The molecular formula is C65H43NO. The summed E-state index contributed by atoms with van der Waals surface area (Å²) < 4.78 is 7.43. The van der Waals surface area contributed by atoms with E-state index in [0.29, 0.717) is 0 Å². The van der Waals surface area contributed by atoms with Gasteiger partial charge in [0.25, 0.3) is 0 Å². The first kappa shape index (κ1) is 38.7. The molecule has 0 aromatic heterocycles. The molecule has 11 aromatic carbocycles. The highest BCUT2D eigenvalue weighted by Crippen LogP contribution is 2.59. The third-order valence-corrected chi connectivity index (χ3v) is 13.9. The largest absolute Gasteiger partial charge is 0.454 e. The predicted molar refractivity (Wildman–Crippen MR) is 278 cm³/mol. The summed E-state index contributed by atoms with van der Waals surface area (Å²) in [6, 6.07) is 95.0. The maximum Gasteiger partial charge on any atom is 0.159 e. The van der Waals surface area contributed by atoms with E-state index in [1.807, 2.05) is 0 Å². The molecule has 0 N–H and O–H groups in total. The molecule has 0 saturated carbocycles. The Morgan fingerprint density at radius 2 is 0.806 bits per heavy atom. The molecule has 1 heterocycles. The van der Waals surface area contributed by atoms with E-state index >= 15 is 0 Å². The number of benzene rings is 11. The van der Waals surface area contributed by atoms with Crippen molar-refractivity contribution in [3.8, 4) is 67.1 Å². The summed E-state index contributed by atoms with van der Waals surface area (Å²) >= 11 is 0. The molecule has 0 spiro atoms. The molecule has 0 bridgehead atoms. The Bertz CT molecular complexity index is 3600. The molecule has 67 heavy (non-hydrogen) atoms. The van der Waals surface area contributed by atoms with E-state index in [4.69, 9.17) is 4.74 Å². The van der Waals surface area contributed by atoms with Gasteiger partial charge in [-0.1, -0.05) is 206 Å². The van der Waals surface area contributed by atoms with Crippen molar-refractivity contribution in [1.82, 2.24) is 0 Å². The number of hydrogen-bond donors (Lipinski definition) is 0. The summed E-state index contributed by atoms with van der Waals surface area (Å²) in [6.07, 6.45) is 0. The van der Waals surface area contributed by atoms with Crippen LogP contribution < -0.4 is 9.64 Å². The first-order chi connectivity index (χ1) is 33.2. The normalized spacial score (nSPS) is 12.7.